The minimum atomic E-state index is 0.0332. The summed E-state index contributed by atoms with van der Waals surface area (Å²) in [6, 6.07) is 9.49. The van der Waals surface area contributed by atoms with E-state index in [1.165, 1.54) is 0 Å². The molecule has 0 aliphatic carbocycles. The van der Waals surface area contributed by atoms with Crippen molar-refractivity contribution in [1.29, 1.82) is 0 Å². The molecule has 0 spiro atoms. The van der Waals surface area contributed by atoms with E-state index >= 15 is 0 Å². The molecule has 0 aliphatic rings. The Bertz CT molecular complexity index is 494. The molecule has 0 saturated carbocycles. The number of nitrogens with two attached hydrogens (primary N) is 1. The lowest BCUT2D eigenvalue weighted by Gasteiger charge is -2.05. The second kappa shape index (κ2) is 5.50. The number of nitrogen functional groups attached to an aromatic ring is 1. The molecule has 0 saturated heterocycles. The molecule has 3 nitrogen and oxygen atoms in total. The molecule has 0 aliphatic heterocycles. The third-order valence-corrected chi connectivity index (χ3v) is 3.12. The summed E-state index contributed by atoms with van der Waals surface area (Å²) in [5, 5.41) is 6.83. The first-order chi connectivity index (χ1) is 8.24. The van der Waals surface area contributed by atoms with Gasteiger partial charge >= 0.3 is 0 Å². The van der Waals surface area contributed by atoms with Crippen LogP contribution >= 0.6 is 11.3 Å². The van der Waals surface area contributed by atoms with Gasteiger partial charge in [0.1, 0.15) is 0 Å². The van der Waals surface area contributed by atoms with Crippen LogP contribution < -0.4 is 11.1 Å². The molecule has 1 aromatic heterocycles. The average Bonchev–Trinajstić information content (AvgIpc) is 2.79. The largest absolute Gasteiger partial charge is 0.399 e. The normalized spacial score (nSPS) is 10.1. The van der Waals surface area contributed by atoms with E-state index in [1.54, 1.807) is 11.3 Å². The van der Waals surface area contributed by atoms with Gasteiger partial charge in [0, 0.05) is 12.2 Å². The SMILES string of the molecule is Nc1cccc(CNC(=O)Cc2ccsc2)c1. The zero-order valence-corrected chi connectivity index (χ0v) is 10.2. The van der Waals surface area contributed by atoms with Gasteiger partial charge in [-0.15, -0.1) is 0 Å². The van der Waals surface area contributed by atoms with Crippen molar-refractivity contribution < 1.29 is 4.79 Å². The Hall–Kier alpha value is -1.81. The summed E-state index contributed by atoms with van der Waals surface area (Å²) < 4.78 is 0. The van der Waals surface area contributed by atoms with Gasteiger partial charge in [-0.25, -0.2) is 0 Å². The summed E-state index contributed by atoms with van der Waals surface area (Å²) >= 11 is 1.60. The van der Waals surface area contributed by atoms with Crippen molar-refractivity contribution in [3.8, 4) is 0 Å². The number of rotatable bonds is 4. The number of amides is 1. The average molecular weight is 246 g/mol. The molecule has 4 heteroatoms. The minimum Gasteiger partial charge on any atom is -0.399 e. The van der Waals surface area contributed by atoms with E-state index in [9.17, 15) is 4.79 Å². The molecular weight excluding hydrogens is 232 g/mol. The van der Waals surface area contributed by atoms with Crippen LogP contribution in [-0.2, 0) is 17.8 Å². The topological polar surface area (TPSA) is 55.1 Å². The molecule has 1 heterocycles. The van der Waals surface area contributed by atoms with Gasteiger partial charge in [0.25, 0.3) is 0 Å². The molecule has 0 bridgehead atoms. The molecule has 1 aromatic carbocycles. The van der Waals surface area contributed by atoms with Gasteiger partial charge in [-0.05, 0) is 40.1 Å². The van der Waals surface area contributed by atoms with E-state index in [0.29, 0.717) is 13.0 Å². The molecule has 0 unspecified atom stereocenters. The van der Waals surface area contributed by atoms with Crippen molar-refractivity contribution in [2.75, 3.05) is 5.73 Å². The molecule has 0 atom stereocenters. The third kappa shape index (κ3) is 3.60. The van der Waals surface area contributed by atoms with E-state index < -0.39 is 0 Å². The van der Waals surface area contributed by atoms with Gasteiger partial charge < -0.3 is 11.1 Å². The fourth-order valence-corrected chi connectivity index (χ4v) is 2.21. The molecule has 2 aromatic rings. The second-order valence-corrected chi connectivity index (χ2v) is 4.61. The smallest absolute Gasteiger partial charge is 0.224 e. The van der Waals surface area contributed by atoms with Crippen molar-refractivity contribution in [2.24, 2.45) is 0 Å². The number of anilines is 1. The van der Waals surface area contributed by atoms with Crippen LogP contribution in [0.1, 0.15) is 11.1 Å². The number of benzene rings is 1. The maximum absolute atomic E-state index is 11.6. The van der Waals surface area contributed by atoms with Gasteiger partial charge in [0.2, 0.25) is 5.91 Å². The van der Waals surface area contributed by atoms with Gasteiger partial charge in [0.15, 0.2) is 0 Å². The Morgan fingerprint density at radius 1 is 1.29 bits per heavy atom. The summed E-state index contributed by atoms with van der Waals surface area (Å²) in [4.78, 5) is 11.6. The molecule has 1 amide bonds. The first-order valence-electron chi connectivity index (χ1n) is 5.36. The monoisotopic (exact) mass is 246 g/mol. The van der Waals surface area contributed by atoms with Gasteiger partial charge in [-0.2, -0.15) is 11.3 Å². The molecule has 2 rings (SSSR count). The zero-order valence-electron chi connectivity index (χ0n) is 9.35. The van der Waals surface area contributed by atoms with Crippen LogP contribution in [0.5, 0.6) is 0 Å². The van der Waals surface area contributed by atoms with Gasteiger partial charge in [-0.1, -0.05) is 12.1 Å². The Labute approximate surface area is 104 Å². The summed E-state index contributed by atoms with van der Waals surface area (Å²) in [5.74, 6) is 0.0332. The van der Waals surface area contributed by atoms with E-state index in [2.05, 4.69) is 5.32 Å². The maximum Gasteiger partial charge on any atom is 0.224 e. The first kappa shape index (κ1) is 11.7. The quantitative estimate of drug-likeness (QED) is 0.812. The lowest BCUT2D eigenvalue weighted by Crippen LogP contribution is -2.24. The number of hydrogen-bond acceptors (Lipinski definition) is 3. The first-order valence-corrected chi connectivity index (χ1v) is 6.30. The zero-order chi connectivity index (χ0) is 12.1. The van der Waals surface area contributed by atoms with Crippen LogP contribution in [0.25, 0.3) is 0 Å². The standard InChI is InChI=1S/C13H14N2OS/c14-12-3-1-2-10(6-12)8-15-13(16)7-11-4-5-17-9-11/h1-6,9H,7-8,14H2,(H,15,16). The number of carbonyl (C=O) groups excluding carboxylic acids is 1. The molecule has 3 N–H and O–H groups in total. The van der Waals surface area contributed by atoms with E-state index in [1.807, 2.05) is 41.1 Å². The molecule has 17 heavy (non-hydrogen) atoms. The highest BCUT2D eigenvalue weighted by molar-refractivity contribution is 7.07. The van der Waals surface area contributed by atoms with Crippen molar-refractivity contribution in [2.45, 2.75) is 13.0 Å². The predicted octanol–water partition coefficient (Wildman–Crippen LogP) is 2.19. The summed E-state index contributed by atoms with van der Waals surface area (Å²) in [6.45, 7) is 0.522. The van der Waals surface area contributed by atoms with Crippen molar-refractivity contribution in [1.82, 2.24) is 5.32 Å². The van der Waals surface area contributed by atoms with Crippen molar-refractivity contribution in [3.05, 3.63) is 52.2 Å². The third-order valence-electron chi connectivity index (χ3n) is 2.39. The van der Waals surface area contributed by atoms with Gasteiger partial charge in [-0.3, -0.25) is 4.79 Å². The van der Waals surface area contributed by atoms with Crippen LogP contribution in [-0.4, -0.2) is 5.91 Å². The number of thiophene rings is 1. The van der Waals surface area contributed by atoms with Crippen LogP contribution in [0.3, 0.4) is 0 Å². The Morgan fingerprint density at radius 2 is 2.18 bits per heavy atom. The lowest BCUT2D eigenvalue weighted by atomic mass is 10.2. The summed E-state index contributed by atoms with van der Waals surface area (Å²) in [7, 11) is 0. The Morgan fingerprint density at radius 3 is 2.88 bits per heavy atom. The van der Waals surface area contributed by atoms with Crippen LogP contribution in [0.2, 0.25) is 0 Å². The highest BCUT2D eigenvalue weighted by atomic mass is 32.1. The van der Waals surface area contributed by atoms with Crippen LogP contribution in [0.15, 0.2) is 41.1 Å². The number of carbonyl (C=O) groups is 1. The number of hydrogen-bond donors (Lipinski definition) is 2. The lowest BCUT2D eigenvalue weighted by molar-refractivity contribution is -0.120. The van der Waals surface area contributed by atoms with E-state index in [-0.39, 0.29) is 5.91 Å². The van der Waals surface area contributed by atoms with Crippen molar-refractivity contribution >= 4 is 22.9 Å². The molecule has 88 valence electrons. The van der Waals surface area contributed by atoms with Crippen LogP contribution in [0.4, 0.5) is 5.69 Å². The predicted molar refractivity (Wildman–Crippen MR) is 70.7 cm³/mol. The fraction of sp³-hybridized carbons (Fsp3) is 0.154. The summed E-state index contributed by atoms with van der Waals surface area (Å²) in [5.41, 5.74) is 8.45. The minimum absolute atomic E-state index is 0.0332. The molecule has 0 fully saturated rings. The van der Waals surface area contributed by atoms with Crippen LogP contribution in [0, 0.1) is 0 Å². The van der Waals surface area contributed by atoms with Crippen molar-refractivity contribution in [3.63, 3.8) is 0 Å². The highest BCUT2D eigenvalue weighted by Crippen LogP contribution is 2.08. The molecular formula is C13H14N2OS. The highest BCUT2D eigenvalue weighted by Gasteiger charge is 2.03. The fourth-order valence-electron chi connectivity index (χ4n) is 1.54. The Kier molecular flexibility index (Phi) is 3.77. The molecule has 0 radical (unpaired) electrons. The van der Waals surface area contributed by atoms with E-state index in [0.717, 1.165) is 16.8 Å². The van der Waals surface area contributed by atoms with E-state index in [4.69, 9.17) is 5.73 Å². The Balaban J connectivity index is 1.84. The number of nitrogens with one attached hydrogen (secondary N) is 1. The second-order valence-electron chi connectivity index (χ2n) is 3.83. The maximum atomic E-state index is 11.6. The summed E-state index contributed by atoms with van der Waals surface area (Å²) in [6.07, 6.45) is 0.436. The van der Waals surface area contributed by atoms with Gasteiger partial charge in [0.05, 0.1) is 6.42 Å².